The minimum atomic E-state index is -0.347. The van der Waals surface area contributed by atoms with Crippen LogP contribution in [0.15, 0.2) is 48.5 Å². The van der Waals surface area contributed by atoms with Gasteiger partial charge in [0.25, 0.3) is 0 Å². The van der Waals surface area contributed by atoms with Gasteiger partial charge in [-0.3, -0.25) is 4.90 Å². The largest absolute Gasteiger partial charge is 0.496 e. The van der Waals surface area contributed by atoms with Gasteiger partial charge in [-0.25, -0.2) is 9.59 Å². The monoisotopic (exact) mass is 355 g/mol. The SMILES string of the molecule is COc1ccccc1CCNC(=O)Nc1ccc(N2CCOC2=O)cc1. The number of nitrogens with one attached hydrogen (secondary N) is 2. The summed E-state index contributed by atoms with van der Waals surface area (Å²) in [6.07, 6.45) is 0.327. The molecule has 0 saturated carbocycles. The zero-order valence-corrected chi connectivity index (χ0v) is 14.5. The number of hydrogen-bond donors (Lipinski definition) is 2. The van der Waals surface area contributed by atoms with Gasteiger partial charge in [-0.15, -0.1) is 0 Å². The van der Waals surface area contributed by atoms with Gasteiger partial charge in [-0.05, 0) is 42.3 Å². The Kier molecular flexibility index (Phi) is 5.58. The molecule has 0 unspecified atom stereocenters. The van der Waals surface area contributed by atoms with Crippen LogP contribution in [0.25, 0.3) is 0 Å². The van der Waals surface area contributed by atoms with Crippen LogP contribution in [0.5, 0.6) is 5.75 Å². The van der Waals surface area contributed by atoms with Gasteiger partial charge in [0.05, 0.1) is 13.7 Å². The summed E-state index contributed by atoms with van der Waals surface area (Å²) in [5.41, 5.74) is 2.43. The Morgan fingerprint density at radius 2 is 1.96 bits per heavy atom. The molecule has 0 aliphatic carbocycles. The van der Waals surface area contributed by atoms with Gasteiger partial charge in [0.2, 0.25) is 0 Å². The van der Waals surface area contributed by atoms with E-state index in [9.17, 15) is 9.59 Å². The van der Waals surface area contributed by atoms with Crippen LogP contribution in [0, 0.1) is 0 Å². The predicted molar refractivity (Wildman–Crippen MR) is 98.9 cm³/mol. The first kappa shape index (κ1) is 17.6. The number of hydrogen-bond acceptors (Lipinski definition) is 4. The molecule has 0 atom stereocenters. The Balaban J connectivity index is 1.48. The van der Waals surface area contributed by atoms with Gasteiger partial charge >= 0.3 is 12.1 Å². The topological polar surface area (TPSA) is 79.9 Å². The smallest absolute Gasteiger partial charge is 0.414 e. The molecular formula is C19H21N3O4. The van der Waals surface area contributed by atoms with Crippen LogP contribution < -0.4 is 20.3 Å². The Labute approximate surface area is 151 Å². The van der Waals surface area contributed by atoms with Gasteiger partial charge in [0.1, 0.15) is 12.4 Å². The van der Waals surface area contributed by atoms with Crippen LogP contribution in [-0.2, 0) is 11.2 Å². The highest BCUT2D eigenvalue weighted by atomic mass is 16.6. The Bertz CT molecular complexity index is 777. The summed E-state index contributed by atoms with van der Waals surface area (Å²) in [5, 5.41) is 5.59. The van der Waals surface area contributed by atoms with E-state index in [1.54, 1.807) is 36.3 Å². The Hall–Kier alpha value is -3.22. The van der Waals surface area contributed by atoms with Crippen molar-refractivity contribution in [2.24, 2.45) is 0 Å². The molecule has 7 heteroatoms. The minimum Gasteiger partial charge on any atom is -0.496 e. The van der Waals surface area contributed by atoms with E-state index in [-0.39, 0.29) is 12.1 Å². The average Bonchev–Trinajstić information content (AvgIpc) is 3.09. The Morgan fingerprint density at radius 3 is 2.65 bits per heavy atom. The molecule has 1 fully saturated rings. The number of carbonyl (C=O) groups excluding carboxylic acids is 2. The van der Waals surface area contributed by atoms with Crippen LogP contribution in [0.2, 0.25) is 0 Å². The number of rotatable bonds is 6. The fourth-order valence-electron chi connectivity index (χ4n) is 2.75. The lowest BCUT2D eigenvalue weighted by Crippen LogP contribution is -2.30. The van der Waals surface area contributed by atoms with Crippen molar-refractivity contribution in [3.8, 4) is 5.75 Å². The number of urea groups is 1. The van der Waals surface area contributed by atoms with Crippen LogP contribution in [0.3, 0.4) is 0 Å². The number of methoxy groups -OCH3 is 1. The van der Waals surface area contributed by atoms with Crippen molar-refractivity contribution < 1.29 is 19.1 Å². The molecule has 136 valence electrons. The normalized spacial score (nSPS) is 13.3. The maximum absolute atomic E-state index is 12.0. The molecule has 1 aliphatic rings. The second-order valence-electron chi connectivity index (χ2n) is 5.76. The van der Waals surface area contributed by atoms with Gasteiger partial charge in [-0.1, -0.05) is 18.2 Å². The maximum Gasteiger partial charge on any atom is 0.414 e. The van der Waals surface area contributed by atoms with Crippen molar-refractivity contribution in [1.29, 1.82) is 0 Å². The summed E-state index contributed by atoms with van der Waals surface area (Å²) < 4.78 is 10.2. The van der Waals surface area contributed by atoms with E-state index in [1.807, 2.05) is 24.3 Å². The van der Waals surface area contributed by atoms with Crippen molar-refractivity contribution in [3.05, 3.63) is 54.1 Å². The van der Waals surface area contributed by atoms with E-state index in [2.05, 4.69) is 10.6 Å². The molecule has 2 aromatic carbocycles. The molecule has 0 radical (unpaired) electrons. The van der Waals surface area contributed by atoms with Gasteiger partial charge < -0.3 is 20.1 Å². The number of cyclic esters (lactones) is 1. The van der Waals surface area contributed by atoms with E-state index in [1.165, 1.54) is 0 Å². The summed E-state index contributed by atoms with van der Waals surface area (Å²) in [7, 11) is 1.63. The fourth-order valence-corrected chi connectivity index (χ4v) is 2.75. The van der Waals surface area contributed by atoms with Crippen molar-refractivity contribution in [1.82, 2.24) is 5.32 Å². The zero-order chi connectivity index (χ0) is 18.4. The molecule has 1 aliphatic heterocycles. The lowest BCUT2D eigenvalue weighted by Gasteiger charge is -2.13. The number of amides is 3. The Morgan fingerprint density at radius 1 is 1.19 bits per heavy atom. The molecule has 0 spiro atoms. The summed E-state index contributed by atoms with van der Waals surface area (Å²) in [4.78, 5) is 25.1. The summed E-state index contributed by atoms with van der Waals surface area (Å²) in [6, 6.07) is 14.5. The lowest BCUT2D eigenvalue weighted by atomic mass is 10.1. The molecule has 0 bridgehead atoms. The second kappa shape index (κ2) is 8.24. The first-order valence-corrected chi connectivity index (χ1v) is 8.38. The van der Waals surface area contributed by atoms with Crippen molar-refractivity contribution in [3.63, 3.8) is 0 Å². The number of carbonyl (C=O) groups is 2. The summed E-state index contributed by atoms with van der Waals surface area (Å²) in [5.74, 6) is 0.811. The van der Waals surface area contributed by atoms with Gasteiger partial charge in [0, 0.05) is 17.9 Å². The van der Waals surface area contributed by atoms with E-state index >= 15 is 0 Å². The van der Waals surface area contributed by atoms with E-state index in [4.69, 9.17) is 9.47 Å². The molecular weight excluding hydrogens is 334 g/mol. The van der Waals surface area contributed by atoms with E-state index in [0.717, 1.165) is 17.0 Å². The molecule has 1 heterocycles. The second-order valence-corrected chi connectivity index (χ2v) is 5.76. The van der Waals surface area contributed by atoms with Crippen LogP contribution >= 0.6 is 0 Å². The van der Waals surface area contributed by atoms with Gasteiger partial charge in [0.15, 0.2) is 0 Å². The average molecular weight is 355 g/mol. The van der Waals surface area contributed by atoms with Crippen molar-refractivity contribution >= 4 is 23.5 Å². The first-order valence-electron chi connectivity index (χ1n) is 8.38. The van der Waals surface area contributed by atoms with Crippen LogP contribution in [0.4, 0.5) is 21.0 Å². The third kappa shape index (κ3) is 4.24. The molecule has 0 aromatic heterocycles. The molecule has 3 rings (SSSR count). The third-order valence-corrected chi connectivity index (χ3v) is 4.07. The van der Waals surface area contributed by atoms with E-state index in [0.29, 0.717) is 31.8 Å². The molecule has 3 amide bonds. The standard InChI is InChI=1S/C19H21N3O4/c1-25-17-5-3-2-4-14(17)10-11-20-18(23)21-15-6-8-16(9-7-15)22-12-13-26-19(22)24/h2-9H,10-13H2,1H3,(H2,20,21,23). The highest BCUT2D eigenvalue weighted by Crippen LogP contribution is 2.21. The third-order valence-electron chi connectivity index (χ3n) is 4.07. The molecule has 2 aromatic rings. The predicted octanol–water partition coefficient (Wildman–Crippen LogP) is 3.02. The van der Waals surface area contributed by atoms with Crippen LogP contribution in [0.1, 0.15) is 5.56 Å². The molecule has 2 N–H and O–H groups in total. The van der Waals surface area contributed by atoms with Gasteiger partial charge in [-0.2, -0.15) is 0 Å². The quantitative estimate of drug-likeness (QED) is 0.835. The number of benzene rings is 2. The number of anilines is 2. The molecule has 1 saturated heterocycles. The molecule has 7 nitrogen and oxygen atoms in total. The lowest BCUT2D eigenvalue weighted by molar-refractivity contribution is 0.181. The maximum atomic E-state index is 12.0. The highest BCUT2D eigenvalue weighted by molar-refractivity contribution is 5.91. The highest BCUT2D eigenvalue weighted by Gasteiger charge is 2.23. The molecule has 26 heavy (non-hydrogen) atoms. The minimum absolute atomic E-state index is 0.284. The first-order chi connectivity index (χ1) is 12.7. The fraction of sp³-hybridized carbons (Fsp3) is 0.263. The number of nitrogens with zero attached hydrogens (tertiary/aromatic N) is 1. The van der Waals surface area contributed by atoms with E-state index < -0.39 is 0 Å². The van der Waals surface area contributed by atoms with Crippen molar-refractivity contribution in [2.75, 3.05) is 37.0 Å². The number of para-hydroxylation sites is 1. The number of ether oxygens (including phenoxy) is 2. The summed E-state index contributed by atoms with van der Waals surface area (Å²) in [6.45, 7) is 1.42. The zero-order valence-electron chi connectivity index (χ0n) is 14.5. The summed E-state index contributed by atoms with van der Waals surface area (Å²) >= 11 is 0. The van der Waals surface area contributed by atoms with Crippen molar-refractivity contribution in [2.45, 2.75) is 6.42 Å². The van der Waals surface area contributed by atoms with Crippen LogP contribution in [-0.4, -0.2) is 38.9 Å².